The summed E-state index contributed by atoms with van der Waals surface area (Å²) in [7, 11) is 0. The summed E-state index contributed by atoms with van der Waals surface area (Å²) in [5, 5.41) is 9.08. The normalized spacial score (nSPS) is 17.7. The Morgan fingerprint density at radius 1 is 0.957 bits per heavy atom. The Morgan fingerprint density at radius 2 is 1.52 bits per heavy atom. The van der Waals surface area contributed by atoms with Crippen LogP contribution in [0, 0.1) is 0 Å². The first-order valence-electron chi connectivity index (χ1n) is 7.06. The lowest BCUT2D eigenvalue weighted by Crippen LogP contribution is -2.36. The Morgan fingerprint density at radius 3 is 2.09 bits per heavy atom. The quantitative estimate of drug-likeness (QED) is 0.879. The predicted molar refractivity (Wildman–Crippen MR) is 82.8 cm³/mol. The lowest BCUT2D eigenvalue weighted by atomic mass is 10.1. The van der Waals surface area contributed by atoms with Gasteiger partial charge in [0, 0.05) is 0 Å². The summed E-state index contributed by atoms with van der Waals surface area (Å²) < 4.78 is 0. The molecule has 1 N–H and O–H groups in total. The Bertz CT molecular complexity index is 746. The average Bonchev–Trinajstić information content (AvgIpc) is 2.79. The van der Waals surface area contributed by atoms with Crippen LogP contribution < -0.4 is 4.90 Å². The van der Waals surface area contributed by atoms with E-state index in [1.165, 1.54) is 0 Å². The molecule has 6 heteroatoms. The van der Waals surface area contributed by atoms with E-state index in [-0.39, 0.29) is 0 Å². The molecule has 0 aromatic heterocycles. The van der Waals surface area contributed by atoms with Crippen molar-refractivity contribution < 1.29 is 19.5 Å². The zero-order valence-corrected chi connectivity index (χ0v) is 12.1. The highest BCUT2D eigenvalue weighted by Gasteiger charge is 2.47. The molecule has 1 saturated heterocycles. The lowest BCUT2D eigenvalue weighted by Gasteiger charge is -2.19. The van der Waals surface area contributed by atoms with Crippen LogP contribution in [0.15, 0.2) is 60.7 Å². The number of imide groups is 1. The molecule has 3 rings (SSSR count). The van der Waals surface area contributed by atoms with Gasteiger partial charge in [0.15, 0.2) is 0 Å². The first-order chi connectivity index (χ1) is 11.1. The molecule has 2 aromatic carbocycles. The third kappa shape index (κ3) is 2.66. The summed E-state index contributed by atoms with van der Waals surface area (Å²) in [6.45, 7) is -0.534. The van der Waals surface area contributed by atoms with Gasteiger partial charge in [-0.25, -0.2) is 9.69 Å². The third-order valence-corrected chi connectivity index (χ3v) is 3.64. The molecule has 0 radical (unpaired) electrons. The highest BCUT2D eigenvalue weighted by molar-refractivity contribution is 6.21. The minimum atomic E-state index is -1.16. The molecule has 1 heterocycles. The highest BCUT2D eigenvalue weighted by Crippen LogP contribution is 2.33. The van der Waals surface area contributed by atoms with Crippen LogP contribution >= 0.6 is 0 Å². The highest BCUT2D eigenvalue weighted by atomic mass is 16.4. The minimum absolute atomic E-state index is 0.427. The third-order valence-electron chi connectivity index (χ3n) is 3.64. The van der Waals surface area contributed by atoms with Gasteiger partial charge in [0.25, 0.3) is 5.91 Å². The molecule has 1 atom stereocenters. The number of carbonyl (C=O) groups excluding carboxylic acids is 2. The van der Waals surface area contributed by atoms with Crippen molar-refractivity contribution in [1.82, 2.24) is 4.90 Å². The average molecular weight is 310 g/mol. The van der Waals surface area contributed by atoms with E-state index in [1.54, 1.807) is 60.7 Å². The van der Waals surface area contributed by atoms with Gasteiger partial charge in [-0.15, -0.1) is 0 Å². The first-order valence-corrected chi connectivity index (χ1v) is 7.06. The lowest BCUT2D eigenvalue weighted by molar-refractivity contribution is -0.138. The van der Waals surface area contributed by atoms with E-state index in [4.69, 9.17) is 5.11 Å². The van der Waals surface area contributed by atoms with Crippen molar-refractivity contribution >= 4 is 23.6 Å². The van der Waals surface area contributed by atoms with Gasteiger partial charge in [-0.3, -0.25) is 14.5 Å². The van der Waals surface area contributed by atoms with Crippen LogP contribution in [0.2, 0.25) is 0 Å². The van der Waals surface area contributed by atoms with Crippen molar-refractivity contribution in [2.75, 3.05) is 11.4 Å². The predicted octanol–water partition coefficient (Wildman–Crippen LogP) is 2.28. The summed E-state index contributed by atoms with van der Waals surface area (Å²) in [5.41, 5.74) is 1.02. The Kier molecular flexibility index (Phi) is 3.80. The molecule has 1 aliphatic rings. The van der Waals surface area contributed by atoms with E-state index >= 15 is 0 Å². The van der Waals surface area contributed by atoms with Crippen molar-refractivity contribution in [3.63, 3.8) is 0 Å². The van der Waals surface area contributed by atoms with Crippen LogP contribution in [0.25, 0.3) is 0 Å². The number of carboxylic acids is 1. The van der Waals surface area contributed by atoms with Crippen LogP contribution in [0.4, 0.5) is 10.5 Å². The number of benzene rings is 2. The summed E-state index contributed by atoms with van der Waals surface area (Å²) in [6, 6.07) is 15.6. The molecule has 1 aliphatic heterocycles. The summed E-state index contributed by atoms with van der Waals surface area (Å²) >= 11 is 0. The maximum atomic E-state index is 12.8. The van der Waals surface area contributed by atoms with Crippen molar-refractivity contribution in [2.24, 2.45) is 0 Å². The van der Waals surface area contributed by atoms with Crippen molar-refractivity contribution in [1.29, 1.82) is 0 Å². The van der Waals surface area contributed by atoms with Crippen molar-refractivity contribution in [2.45, 2.75) is 6.04 Å². The van der Waals surface area contributed by atoms with E-state index in [0.29, 0.717) is 11.3 Å². The number of carboxylic acid groups (broad SMARTS) is 1. The second-order valence-electron chi connectivity index (χ2n) is 5.13. The number of anilines is 1. The van der Waals surface area contributed by atoms with E-state index in [2.05, 4.69) is 0 Å². The second-order valence-corrected chi connectivity index (χ2v) is 5.13. The molecule has 6 nitrogen and oxygen atoms in total. The molecule has 1 unspecified atom stereocenters. The number of nitrogens with zero attached hydrogens (tertiary/aromatic N) is 2. The number of aliphatic carboxylic acids is 1. The van der Waals surface area contributed by atoms with Gasteiger partial charge in [0.2, 0.25) is 0 Å². The number of para-hydroxylation sites is 1. The summed E-state index contributed by atoms with van der Waals surface area (Å²) in [5.74, 6) is -1.62. The Hall–Kier alpha value is -3.15. The summed E-state index contributed by atoms with van der Waals surface area (Å²) in [6.07, 6.45) is 0. The minimum Gasteiger partial charge on any atom is -0.480 e. The van der Waals surface area contributed by atoms with Crippen LogP contribution in [0.1, 0.15) is 11.6 Å². The fourth-order valence-electron chi connectivity index (χ4n) is 2.67. The van der Waals surface area contributed by atoms with Crippen LogP contribution in [-0.4, -0.2) is 34.5 Å². The molecule has 2 aromatic rings. The number of amides is 3. The number of carbonyl (C=O) groups is 3. The molecule has 0 aliphatic carbocycles. The molecule has 1 fully saturated rings. The smallest absolute Gasteiger partial charge is 0.332 e. The van der Waals surface area contributed by atoms with Gasteiger partial charge in [-0.1, -0.05) is 48.5 Å². The van der Waals surface area contributed by atoms with E-state index in [9.17, 15) is 14.4 Å². The number of hydrogen-bond acceptors (Lipinski definition) is 3. The monoisotopic (exact) mass is 310 g/mol. The molecule has 3 amide bonds. The zero-order valence-electron chi connectivity index (χ0n) is 12.1. The molecule has 0 bridgehead atoms. The van der Waals surface area contributed by atoms with Gasteiger partial charge >= 0.3 is 12.0 Å². The van der Waals surface area contributed by atoms with Gasteiger partial charge < -0.3 is 5.11 Å². The first kappa shape index (κ1) is 14.8. The summed E-state index contributed by atoms with van der Waals surface area (Å²) in [4.78, 5) is 38.6. The number of urea groups is 1. The van der Waals surface area contributed by atoms with Gasteiger partial charge in [-0.2, -0.15) is 0 Å². The maximum absolute atomic E-state index is 12.8. The Balaban J connectivity index is 2.04. The van der Waals surface area contributed by atoms with E-state index in [0.717, 1.165) is 9.80 Å². The van der Waals surface area contributed by atoms with Gasteiger partial charge in [-0.05, 0) is 17.7 Å². The Labute approximate surface area is 132 Å². The number of hydrogen-bond donors (Lipinski definition) is 1. The van der Waals surface area contributed by atoms with Crippen LogP contribution in [-0.2, 0) is 9.59 Å². The van der Waals surface area contributed by atoms with Crippen molar-refractivity contribution in [3.8, 4) is 0 Å². The largest absolute Gasteiger partial charge is 0.480 e. The zero-order chi connectivity index (χ0) is 16.4. The van der Waals surface area contributed by atoms with Crippen LogP contribution in [0.5, 0.6) is 0 Å². The molecular formula is C17H14N2O4. The fourth-order valence-corrected chi connectivity index (χ4v) is 2.67. The van der Waals surface area contributed by atoms with Gasteiger partial charge in [0.05, 0.1) is 5.69 Å². The van der Waals surface area contributed by atoms with E-state index in [1.807, 2.05) is 0 Å². The van der Waals surface area contributed by atoms with Gasteiger partial charge in [0.1, 0.15) is 12.6 Å². The molecule has 116 valence electrons. The standard InChI is InChI=1S/C17H14N2O4/c20-14(21)11-18-15(12-7-3-1-4-8-12)16(22)19(17(18)23)13-9-5-2-6-10-13/h1-10,15H,11H2,(H,20,21). The van der Waals surface area contributed by atoms with E-state index < -0.39 is 30.5 Å². The molecular weight excluding hydrogens is 296 g/mol. The van der Waals surface area contributed by atoms with Crippen LogP contribution in [0.3, 0.4) is 0 Å². The maximum Gasteiger partial charge on any atom is 0.332 e. The second kappa shape index (κ2) is 5.92. The molecule has 23 heavy (non-hydrogen) atoms. The van der Waals surface area contributed by atoms with Crippen molar-refractivity contribution in [3.05, 3.63) is 66.2 Å². The topological polar surface area (TPSA) is 77.9 Å². The molecule has 0 spiro atoms. The molecule has 0 saturated carbocycles. The fraction of sp³-hybridized carbons (Fsp3) is 0.118. The number of rotatable bonds is 4. The SMILES string of the molecule is O=C(O)CN1C(=O)N(c2ccccc2)C(=O)C1c1ccccc1.